The number of aliphatic hydroxyl groups excluding tert-OH is 2. The monoisotopic (exact) mass is 292 g/mol. The molecule has 0 heterocycles. The topological polar surface area (TPSA) is 60.7 Å². The molecule has 0 amide bonds. The maximum absolute atomic E-state index is 10.5. The van der Waals surface area contributed by atoms with Crippen LogP contribution in [0.3, 0.4) is 0 Å². The van der Waals surface area contributed by atoms with Crippen molar-refractivity contribution in [1.29, 1.82) is 0 Å². The maximum atomic E-state index is 10.5. The van der Waals surface area contributed by atoms with Gasteiger partial charge < -0.3 is 15.3 Å². The SMILES string of the molecule is CC[C@H](O)[C@H](O)c1cccc(CCC2(O)CCCCC2)c1. The van der Waals surface area contributed by atoms with Crippen molar-refractivity contribution in [3.8, 4) is 0 Å². The van der Waals surface area contributed by atoms with Gasteiger partial charge in [-0.1, -0.05) is 50.5 Å². The zero-order chi connectivity index (χ0) is 15.3. The van der Waals surface area contributed by atoms with Crippen LogP contribution in [0.2, 0.25) is 0 Å². The fourth-order valence-corrected chi connectivity index (χ4v) is 3.21. The molecule has 0 unspecified atom stereocenters. The summed E-state index contributed by atoms with van der Waals surface area (Å²) in [5, 5.41) is 30.4. The number of aliphatic hydroxyl groups is 3. The van der Waals surface area contributed by atoms with E-state index in [1.54, 1.807) is 0 Å². The number of aryl methyl sites for hydroxylation is 1. The van der Waals surface area contributed by atoms with Crippen molar-refractivity contribution < 1.29 is 15.3 Å². The van der Waals surface area contributed by atoms with E-state index in [0.29, 0.717) is 6.42 Å². The van der Waals surface area contributed by atoms with Crippen molar-refractivity contribution in [2.45, 2.75) is 76.1 Å². The van der Waals surface area contributed by atoms with E-state index in [1.165, 1.54) is 6.42 Å². The third kappa shape index (κ3) is 4.53. The van der Waals surface area contributed by atoms with E-state index < -0.39 is 17.8 Å². The predicted molar refractivity (Wildman–Crippen MR) is 84.1 cm³/mol. The normalized spacial score (nSPS) is 21.0. The summed E-state index contributed by atoms with van der Waals surface area (Å²) in [4.78, 5) is 0. The highest BCUT2D eigenvalue weighted by atomic mass is 16.3. The molecule has 1 saturated carbocycles. The minimum atomic E-state index is -0.826. The first kappa shape index (κ1) is 16.5. The number of hydrogen-bond donors (Lipinski definition) is 3. The Hall–Kier alpha value is -0.900. The Morgan fingerprint density at radius 2 is 1.86 bits per heavy atom. The fourth-order valence-electron chi connectivity index (χ4n) is 3.21. The molecule has 0 aliphatic heterocycles. The van der Waals surface area contributed by atoms with Gasteiger partial charge in [-0.05, 0) is 43.2 Å². The summed E-state index contributed by atoms with van der Waals surface area (Å²) < 4.78 is 0. The van der Waals surface area contributed by atoms with E-state index in [0.717, 1.165) is 49.7 Å². The van der Waals surface area contributed by atoms with Gasteiger partial charge in [0.05, 0.1) is 11.7 Å². The molecular formula is C18H28O3. The second-order valence-corrected chi connectivity index (χ2v) is 6.45. The van der Waals surface area contributed by atoms with Gasteiger partial charge in [0, 0.05) is 0 Å². The third-order valence-corrected chi connectivity index (χ3v) is 4.74. The molecule has 118 valence electrons. The molecule has 2 rings (SSSR count). The van der Waals surface area contributed by atoms with Gasteiger partial charge in [0.1, 0.15) is 6.10 Å². The Bertz CT molecular complexity index is 438. The van der Waals surface area contributed by atoms with Crippen LogP contribution in [0.4, 0.5) is 0 Å². The summed E-state index contributed by atoms with van der Waals surface area (Å²) in [7, 11) is 0. The molecule has 0 radical (unpaired) electrons. The van der Waals surface area contributed by atoms with E-state index >= 15 is 0 Å². The zero-order valence-electron chi connectivity index (χ0n) is 13.0. The maximum Gasteiger partial charge on any atom is 0.105 e. The lowest BCUT2D eigenvalue weighted by molar-refractivity contribution is -0.00348. The van der Waals surface area contributed by atoms with E-state index in [9.17, 15) is 15.3 Å². The highest BCUT2D eigenvalue weighted by Crippen LogP contribution is 2.32. The molecule has 3 N–H and O–H groups in total. The van der Waals surface area contributed by atoms with Gasteiger partial charge in [0.15, 0.2) is 0 Å². The fraction of sp³-hybridized carbons (Fsp3) is 0.667. The van der Waals surface area contributed by atoms with Crippen LogP contribution in [-0.2, 0) is 6.42 Å². The largest absolute Gasteiger partial charge is 0.390 e. The second kappa shape index (κ2) is 7.39. The van der Waals surface area contributed by atoms with Crippen LogP contribution < -0.4 is 0 Å². The van der Waals surface area contributed by atoms with Crippen LogP contribution in [-0.4, -0.2) is 27.0 Å². The standard InChI is InChI=1S/C18H28O3/c1-2-16(19)17(20)15-8-6-7-14(13-15)9-12-18(21)10-4-3-5-11-18/h6-8,13,16-17,19-21H,2-5,9-12H2,1H3/t16-,17+/m0/s1. The van der Waals surface area contributed by atoms with Crippen molar-refractivity contribution in [1.82, 2.24) is 0 Å². The lowest BCUT2D eigenvalue weighted by atomic mass is 9.81. The van der Waals surface area contributed by atoms with E-state index in [-0.39, 0.29) is 0 Å². The van der Waals surface area contributed by atoms with Gasteiger partial charge in [-0.15, -0.1) is 0 Å². The minimum absolute atomic E-state index is 0.504. The molecule has 1 fully saturated rings. The quantitative estimate of drug-likeness (QED) is 0.755. The number of hydrogen-bond acceptors (Lipinski definition) is 3. The third-order valence-electron chi connectivity index (χ3n) is 4.74. The van der Waals surface area contributed by atoms with Gasteiger partial charge in [-0.2, -0.15) is 0 Å². The van der Waals surface area contributed by atoms with Crippen LogP contribution in [0.1, 0.15) is 69.1 Å². The lowest BCUT2D eigenvalue weighted by Crippen LogP contribution is -2.31. The summed E-state index contributed by atoms with van der Waals surface area (Å²) >= 11 is 0. The van der Waals surface area contributed by atoms with Crippen LogP contribution in [0, 0.1) is 0 Å². The van der Waals surface area contributed by atoms with Crippen molar-refractivity contribution >= 4 is 0 Å². The molecule has 21 heavy (non-hydrogen) atoms. The predicted octanol–water partition coefficient (Wildman–Crippen LogP) is 3.12. The van der Waals surface area contributed by atoms with Gasteiger partial charge in [0.25, 0.3) is 0 Å². The Kier molecular flexibility index (Phi) is 5.80. The van der Waals surface area contributed by atoms with Crippen molar-refractivity contribution in [2.24, 2.45) is 0 Å². The lowest BCUT2D eigenvalue weighted by Gasteiger charge is -2.32. The molecule has 3 heteroatoms. The molecule has 1 aliphatic carbocycles. The van der Waals surface area contributed by atoms with Crippen molar-refractivity contribution in [2.75, 3.05) is 0 Å². The molecule has 3 nitrogen and oxygen atoms in total. The Morgan fingerprint density at radius 1 is 1.14 bits per heavy atom. The Morgan fingerprint density at radius 3 is 2.52 bits per heavy atom. The summed E-state index contributed by atoms with van der Waals surface area (Å²) in [6, 6.07) is 7.75. The number of benzene rings is 1. The minimum Gasteiger partial charge on any atom is -0.390 e. The van der Waals surface area contributed by atoms with Gasteiger partial charge in [-0.25, -0.2) is 0 Å². The summed E-state index contributed by atoms with van der Waals surface area (Å²) in [6.45, 7) is 1.86. The summed E-state index contributed by atoms with van der Waals surface area (Å²) in [5.74, 6) is 0. The molecule has 1 aliphatic rings. The molecule has 0 bridgehead atoms. The van der Waals surface area contributed by atoms with E-state index in [4.69, 9.17) is 0 Å². The van der Waals surface area contributed by atoms with Gasteiger partial charge >= 0.3 is 0 Å². The Labute approximate surface area is 127 Å². The van der Waals surface area contributed by atoms with Crippen LogP contribution in [0.15, 0.2) is 24.3 Å². The molecule has 0 aromatic heterocycles. The first-order chi connectivity index (χ1) is 10.0. The van der Waals surface area contributed by atoms with Crippen LogP contribution in [0.25, 0.3) is 0 Å². The van der Waals surface area contributed by atoms with Crippen LogP contribution in [0.5, 0.6) is 0 Å². The summed E-state index contributed by atoms with van der Waals surface area (Å²) in [6.07, 6.45) is 5.88. The average Bonchev–Trinajstić information content (AvgIpc) is 2.52. The first-order valence-corrected chi connectivity index (χ1v) is 8.21. The molecule has 1 aromatic rings. The smallest absolute Gasteiger partial charge is 0.105 e. The first-order valence-electron chi connectivity index (χ1n) is 8.21. The molecular weight excluding hydrogens is 264 g/mol. The van der Waals surface area contributed by atoms with Gasteiger partial charge in [0.2, 0.25) is 0 Å². The molecule has 1 aromatic carbocycles. The average molecular weight is 292 g/mol. The van der Waals surface area contributed by atoms with E-state index in [2.05, 4.69) is 0 Å². The van der Waals surface area contributed by atoms with E-state index in [1.807, 2.05) is 31.2 Å². The molecule has 0 saturated heterocycles. The van der Waals surface area contributed by atoms with Crippen molar-refractivity contribution in [3.05, 3.63) is 35.4 Å². The Balaban J connectivity index is 1.97. The van der Waals surface area contributed by atoms with Crippen LogP contribution >= 0.6 is 0 Å². The second-order valence-electron chi connectivity index (χ2n) is 6.45. The zero-order valence-corrected chi connectivity index (χ0v) is 13.0. The van der Waals surface area contributed by atoms with Crippen molar-refractivity contribution in [3.63, 3.8) is 0 Å². The highest BCUT2D eigenvalue weighted by Gasteiger charge is 2.28. The summed E-state index contributed by atoms with van der Waals surface area (Å²) in [5.41, 5.74) is 1.38. The molecule has 2 atom stereocenters. The van der Waals surface area contributed by atoms with Gasteiger partial charge in [-0.3, -0.25) is 0 Å². The molecule has 0 spiro atoms. The highest BCUT2D eigenvalue weighted by molar-refractivity contribution is 5.26. The number of rotatable bonds is 6.